The number of methoxy groups -OCH3 is 2. The number of aromatic nitrogens is 1. The number of nitrogens with one attached hydrogen (secondary N) is 2. The molecule has 0 radical (unpaired) electrons. The van der Waals surface area contributed by atoms with Crippen LogP contribution in [0.25, 0.3) is 10.9 Å². The summed E-state index contributed by atoms with van der Waals surface area (Å²) >= 11 is 1.53. The standard InChI is InChI=1S/C41H44N4O10S/c1-17-11-20-12-25-39(48)45-26-14-52-40(49)41(38-23(9-10-42-41)22-8-7-21(50-5)13-24(22)43-38)15-56-37(31(45)30(44(25)4)27(20)32(47)33(17)51-6)29-28(26)36-35(53-16-54-36)18(2)34(29)55-19(3)46/h7-8,11,13,25-26,30-31,37,39,42-43,47-48H,9-10,12,14-16H2,1-6H3/t25-,26-,30+,31?,37+,39-,41+/m0/s1. The van der Waals surface area contributed by atoms with Gasteiger partial charge in [0.2, 0.25) is 6.79 Å². The molecule has 11 rings (SSSR count). The van der Waals surface area contributed by atoms with Crippen LogP contribution >= 0.6 is 11.8 Å². The van der Waals surface area contributed by atoms with Gasteiger partial charge in [0.1, 0.15) is 24.3 Å². The Balaban J connectivity index is 1.23. The molecule has 8 heterocycles. The van der Waals surface area contributed by atoms with E-state index in [0.717, 1.165) is 38.9 Å². The van der Waals surface area contributed by atoms with Gasteiger partial charge in [0.25, 0.3) is 0 Å². The van der Waals surface area contributed by atoms with Gasteiger partial charge in [-0.15, -0.1) is 11.8 Å². The molecule has 7 atom stereocenters. The molecule has 0 aliphatic carbocycles. The predicted octanol–water partition coefficient (Wildman–Crippen LogP) is 4.19. The van der Waals surface area contributed by atoms with E-state index < -0.39 is 47.1 Å². The third-order valence-electron chi connectivity index (χ3n) is 12.9. The molecule has 0 amide bonds. The van der Waals surface area contributed by atoms with Crippen molar-refractivity contribution in [2.75, 3.05) is 47.0 Å². The molecule has 0 saturated carbocycles. The number of piperazine rings is 1. The maximum Gasteiger partial charge on any atom is 0.333 e. The Hall–Kier alpha value is -4.67. The lowest BCUT2D eigenvalue weighted by Crippen LogP contribution is -2.70. The summed E-state index contributed by atoms with van der Waals surface area (Å²) in [5.74, 6) is 1.71. The second-order valence-electron chi connectivity index (χ2n) is 15.6. The van der Waals surface area contributed by atoms with Gasteiger partial charge in [-0.05, 0) is 62.6 Å². The van der Waals surface area contributed by atoms with Crippen LogP contribution in [0, 0.1) is 13.8 Å². The van der Waals surface area contributed by atoms with Crippen molar-refractivity contribution >= 4 is 34.6 Å². The smallest absolute Gasteiger partial charge is 0.333 e. The van der Waals surface area contributed by atoms with Crippen LogP contribution in [0.5, 0.6) is 34.5 Å². The molecule has 1 aromatic heterocycles. The highest BCUT2D eigenvalue weighted by molar-refractivity contribution is 7.99. The lowest BCUT2D eigenvalue weighted by Gasteiger charge is -2.62. The Morgan fingerprint density at radius 2 is 1.86 bits per heavy atom. The minimum Gasteiger partial charge on any atom is -0.504 e. The zero-order valence-corrected chi connectivity index (χ0v) is 32.8. The summed E-state index contributed by atoms with van der Waals surface area (Å²) < 4.78 is 36.2. The van der Waals surface area contributed by atoms with Crippen LogP contribution in [-0.4, -0.2) is 102 Å². The molecule has 294 valence electrons. The van der Waals surface area contributed by atoms with Gasteiger partial charge in [0.05, 0.1) is 43.3 Å². The second kappa shape index (κ2) is 12.7. The predicted molar refractivity (Wildman–Crippen MR) is 205 cm³/mol. The Morgan fingerprint density at radius 3 is 2.62 bits per heavy atom. The summed E-state index contributed by atoms with van der Waals surface area (Å²) in [7, 11) is 5.16. The summed E-state index contributed by atoms with van der Waals surface area (Å²) in [4.78, 5) is 35.6. The number of aliphatic hydroxyl groups is 1. The van der Waals surface area contributed by atoms with Gasteiger partial charge in [0.15, 0.2) is 28.5 Å². The van der Waals surface area contributed by atoms with Gasteiger partial charge >= 0.3 is 11.9 Å². The van der Waals surface area contributed by atoms with E-state index >= 15 is 0 Å². The van der Waals surface area contributed by atoms with E-state index in [2.05, 4.69) is 15.2 Å². The SMILES string of the molecule is COc1ccc2c3c([nH]c2c1)[C@@]1(CS[C@@H]2c4c(OC(C)=O)c(C)c5c(c4[C@H](COC1=O)N1C2[C@H]2c4c(cc(C)c(OC)c4O)C[C@@H]([C@@H]1O)N2C)OCO5)NCC3. The number of fused-ring (bicyclic) bond motifs is 11. The number of carbonyl (C=O) groups excluding carboxylic acids is 2. The van der Waals surface area contributed by atoms with Crippen molar-refractivity contribution < 1.29 is 48.2 Å². The fourth-order valence-electron chi connectivity index (χ4n) is 10.6. The van der Waals surface area contributed by atoms with Crippen LogP contribution in [0.3, 0.4) is 0 Å². The molecule has 1 spiro atoms. The fraction of sp³-hybridized carbons (Fsp3) is 0.463. The molecule has 4 bridgehead atoms. The number of hydrogen-bond acceptors (Lipinski definition) is 14. The number of benzene rings is 3. The maximum atomic E-state index is 14.9. The number of nitrogens with zero attached hydrogens (tertiary/aromatic N) is 2. The first-order chi connectivity index (χ1) is 27.0. The lowest BCUT2D eigenvalue weighted by molar-refractivity contribution is -0.186. The number of aliphatic hydroxyl groups excluding tert-OH is 1. The van der Waals surface area contributed by atoms with Gasteiger partial charge in [-0.25, -0.2) is 4.79 Å². The number of aromatic amines is 1. The third-order valence-corrected chi connectivity index (χ3v) is 14.4. The van der Waals surface area contributed by atoms with Crippen LogP contribution in [0.15, 0.2) is 24.3 Å². The number of phenolic OH excluding ortho intramolecular Hbond substituents is 1. The van der Waals surface area contributed by atoms with Crippen LogP contribution in [0.4, 0.5) is 0 Å². The summed E-state index contributed by atoms with van der Waals surface area (Å²) in [5, 5.41) is 28.7. The van der Waals surface area contributed by atoms with E-state index in [1.807, 2.05) is 50.1 Å². The Bertz CT molecular complexity index is 2360. The largest absolute Gasteiger partial charge is 0.504 e. The normalized spacial score (nSPS) is 28.9. The summed E-state index contributed by atoms with van der Waals surface area (Å²) in [6.45, 7) is 5.46. The van der Waals surface area contributed by atoms with Crippen molar-refractivity contribution in [1.29, 1.82) is 0 Å². The van der Waals surface area contributed by atoms with Crippen molar-refractivity contribution in [3.63, 3.8) is 0 Å². The van der Waals surface area contributed by atoms with Gasteiger partial charge in [-0.3, -0.25) is 19.9 Å². The van der Waals surface area contributed by atoms with E-state index in [9.17, 15) is 19.8 Å². The molecule has 3 aromatic carbocycles. The molecule has 15 heteroatoms. The quantitative estimate of drug-likeness (QED) is 0.173. The molecule has 56 heavy (non-hydrogen) atoms. The first kappa shape index (κ1) is 35.7. The first-order valence-corrected chi connectivity index (χ1v) is 20.0. The monoisotopic (exact) mass is 784 g/mol. The molecule has 2 saturated heterocycles. The van der Waals surface area contributed by atoms with E-state index in [1.54, 1.807) is 14.2 Å². The number of H-pyrrole nitrogens is 1. The maximum absolute atomic E-state index is 14.9. The molecular formula is C41H44N4O10S. The lowest BCUT2D eigenvalue weighted by atomic mass is 9.73. The molecule has 4 N–H and O–H groups in total. The Morgan fingerprint density at radius 1 is 1.05 bits per heavy atom. The second-order valence-corrected chi connectivity index (χ2v) is 16.8. The minimum atomic E-state index is -1.28. The number of esters is 2. The Labute approximate surface area is 327 Å². The van der Waals surface area contributed by atoms with Gasteiger partial charge in [-0.2, -0.15) is 0 Å². The van der Waals surface area contributed by atoms with E-state index in [-0.39, 0.29) is 30.9 Å². The Kier molecular flexibility index (Phi) is 8.08. The average molecular weight is 785 g/mol. The summed E-state index contributed by atoms with van der Waals surface area (Å²) in [5.41, 5.74) is 5.78. The molecule has 2 fully saturated rings. The average Bonchev–Trinajstić information content (AvgIpc) is 3.82. The van der Waals surface area contributed by atoms with Crippen molar-refractivity contribution in [2.45, 2.75) is 74.8 Å². The van der Waals surface area contributed by atoms with E-state index in [4.69, 9.17) is 28.4 Å². The summed E-state index contributed by atoms with van der Waals surface area (Å²) in [6, 6.07) is 5.80. The van der Waals surface area contributed by atoms with Crippen LogP contribution in [-0.2, 0) is 32.7 Å². The topological polar surface area (TPSA) is 164 Å². The van der Waals surface area contributed by atoms with E-state index in [0.29, 0.717) is 64.8 Å². The van der Waals surface area contributed by atoms with Crippen molar-refractivity contribution in [3.8, 4) is 34.5 Å². The van der Waals surface area contributed by atoms with Gasteiger partial charge in [0, 0.05) is 64.5 Å². The first-order valence-electron chi connectivity index (χ1n) is 18.9. The number of ether oxygens (including phenoxy) is 6. The zero-order valence-electron chi connectivity index (χ0n) is 32.0. The van der Waals surface area contributed by atoms with Gasteiger partial charge < -0.3 is 43.6 Å². The number of thioether (sulfide) groups is 1. The van der Waals surface area contributed by atoms with Gasteiger partial charge in [-0.1, -0.05) is 6.07 Å². The number of hydrogen-bond donors (Lipinski definition) is 4. The van der Waals surface area contributed by atoms with Crippen LogP contribution in [0.2, 0.25) is 0 Å². The van der Waals surface area contributed by atoms with Crippen molar-refractivity contribution in [2.24, 2.45) is 0 Å². The molecule has 7 aliphatic rings. The van der Waals surface area contributed by atoms with Crippen molar-refractivity contribution in [3.05, 3.63) is 68.9 Å². The minimum absolute atomic E-state index is 0.0439. The number of aryl methyl sites for hydroxylation is 1. The van der Waals surface area contributed by atoms with E-state index in [1.165, 1.54) is 18.7 Å². The fourth-order valence-corrected chi connectivity index (χ4v) is 12.3. The highest BCUT2D eigenvalue weighted by Crippen LogP contribution is 2.64. The molecule has 7 aliphatic heterocycles. The number of aromatic hydroxyl groups is 1. The number of rotatable bonds is 3. The number of carbonyl (C=O) groups is 2. The number of phenols is 1. The zero-order chi connectivity index (χ0) is 38.9. The summed E-state index contributed by atoms with van der Waals surface area (Å²) in [6.07, 6.45) is 0.142. The van der Waals surface area contributed by atoms with Crippen LogP contribution < -0.4 is 29.0 Å². The molecular weight excluding hydrogens is 741 g/mol. The highest BCUT2D eigenvalue weighted by atomic mass is 32.2. The molecule has 4 aromatic rings. The highest BCUT2D eigenvalue weighted by Gasteiger charge is 2.61. The number of likely N-dealkylation sites (N-methyl/N-ethyl adjacent to an activating group) is 1. The third kappa shape index (κ3) is 4.71. The van der Waals surface area contributed by atoms with Crippen LogP contribution in [0.1, 0.15) is 68.9 Å². The molecule has 14 nitrogen and oxygen atoms in total. The van der Waals surface area contributed by atoms with Crippen molar-refractivity contribution in [1.82, 2.24) is 20.1 Å². The molecule has 1 unspecified atom stereocenters.